The van der Waals surface area contributed by atoms with Crippen molar-refractivity contribution in [3.05, 3.63) is 42.7 Å². The van der Waals surface area contributed by atoms with Gasteiger partial charge in [0.05, 0.1) is 22.0 Å². The normalized spacial score (nSPS) is 19.0. The minimum absolute atomic E-state index is 0.0368. The van der Waals surface area contributed by atoms with Crippen LogP contribution < -0.4 is 10.6 Å². The van der Waals surface area contributed by atoms with Crippen LogP contribution in [0.25, 0.3) is 22.3 Å². The zero-order valence-corrected chi connectivity index (χ0v) is 17.1. The molecule has 0 unspecified atom stereocenters. The molecule has 30 heavy (non-hydrogen) atoms. The van der Waals surface area contributed by atoms with E-state index in [1.807, 2.05) is 0 Å². The van der Waals surface area contributed by atoms with Crippen LogP contribution in [-0.4, -0.2) is 55.2 Å². The van der Waals surface area contributed by atoms with Crippen molar-refractivity contribution in [3.8, 4) is 11.3 Å². The van der Waals surface area contributed by atoms with E-state index in [1.165, 1.54) is 18.3 Å². The Bertz CT molecular complexity index is 1170. The first-order valence-electron chi connectivity index (χ1n) is 9.49. The van der Waals surface area contributed by atoms with Gasteiger partial charge in [-0.25, -0.2) is 27.2 Å². The lowest BCUT2D eigenvalue weighted by atomic mass is 9.95. The first-order valence-corrected chi connectivity index (χ1v) is 11.4. The maximum Gasteiger partial charge on any atom is 0.255 e. The molecule has 3 heterocycles. The number of pyridine rings is 1. The van der Waals surface area contributed by atoms with E-state index in [2.05, 4.69) is 25.6 Å². The summed E-state index contributed by atoms with van der Waals surface area (Å²) in [6, 6.07) is 8.07. The topological polar surface area (TPSA) is 96.9 Å². The fourth-order valence-corrected chi connectivity index (χ4v) is 4.07. The quantitative estimate of drug-likeness (QED) is 0.639. The average molecular weight is 433 g/mol. The number of nitrogens with one attached hydrogen (secondary N) is 2. The number of anilines is 1. The fraction of sp³-hybridized carbons (Fsp3) is 0.350. The van der Waals surface area contributed by atoms with Crippen molar-refractivity contribution >= 4 is 26.7 Å². The van der Waals surface area contributed by atoms with Gasteiger partial charge >= 0.3 is 0 Å². The van der Waals surface area contributed by atoms with Gasteiger partial charge in [-0.3, -0.25) is 4.98 Å². The Balaban J connectivity index is 1.67. The number of benzene rings is 1. The van der Waals surface area contributed by atoms with E-state index in [0.29, 0.717) is 34.7 Å². The van der Waals surface area contributed by atoms with E-state index in [-0.39, 0.29) is 24.4 Å². The lowest BCUT2D eigenvalue weighted by Gasteiger charge is -2.32. The number of hydrogen-bond donors (Lipinski definition) is 2. The van der Waals surface area contributed by atoms with Gasteiger partial charge in [0.2, 0.25) is 0 Å². The first kappa shape index (κ1) is 20.5. The van der Waals surface area contributed by atoms with Gasteiger partial charge in [-0.2, -0.15) is 0 Å². The lowest BCUT2D eigenvalue weighted by Crippen LogP contribution is -2.47. The maximum atomic E-state index is 14.2. The monoisotopic (exact) mass is 433 g/mol. The molecular weight excluding hydrogens is 412 g/mol. The Morgan fingerprint density at radius 1 is 1.20 bits per heavy atom. The molecule has 1 aliphatic heterocycles. The molecule has 158 valence electrons. The van der Waals surface area contributed by atoms with Crippen molar-refractivity contribution in [2.24, 2.45) is 5.92 Å². The van der Waals surface area contributed by atoms with Crippen molar-refractivity contribution in [2.45, 2.75) is 17.2 Å². The van der Waals surface area contributed by atoms with Crippen LogP contribution in [0.5, 0.6) is 0 Å². The smallest absolute Gasteiger partial charge is 0.255 e. The highest BCUT2D eigenvalue weighted by Gasteiger charge is 2.41. The van der Waals surface area contributed by atoms with Crippen LogP contribution in [0.2, 0.25) is 0 Å². The molecule has 0 spiro atoms. The van der Waals surface area contributed by atoms with Gasteiger partial charge in [0.1, 0.15) is 5.52 Å². The highest BCUT2D eigenvalue weighted by atomic mass is 32.2. The SMILES string of the molecule is CS(=O)(=O)c1ccc(-c2cc3nccnc3c(NC[C@H]3CNCCC3(F)F)n2)cc1. The lowest BCUT2D eigenvalue weighted by molar-refractivity contribution is -0.0728. The molecule has 0 radical (unpaired) electrons. The summed E-state index contributed by atoms with van der Waals surface area (Å²) in [4.78, 5) is 13.4. The largest absolute Gasteiger partial charge is 0.368 e. The predicted molar refractivity (Wildman–Crippen MR) is 110 cm³/mol. The van der Waals surface area contributed by atoms with Gasteiger partial charge in [0, 0.05) is 50.3 Å². The predicted octanol–water partition coefficient (Wildman–Crippen LogP) is 2.75. The molecule has 10 heteroatoms. The molecule has 0 saturated carbocycles. The van der Waals surface area contributed by atoms with Gasteiger partial charge in [-0.05, 0) is 18.2 Å². The molecular formula is C20H21F2N5O2S. The molecule has 1 aliphatic rings. The van der Waals surface area contributed by atoms with Gasteiger partial charge in [0.25, 0.3) is 5.92 Å². The zero-order chi connectivity index (χ0) is 21.4. The molecule has 3 aromatic rings. The minimum atomic E-state index is -3.31. The van der Waals surface area contributed by atoms with Crippen LogP contribution in [0.3, 0.4) is 0 Å². The van der Waals surface area contributed by atoms with E-state index >= 15 is 0 Å². The van der Waals surface area contributed by atoms with Crippen LogP contribution in [0.4, 0.5) is 14.6 Å². The van der Waals surface area contributed by atoms with Crippen LogP contribution >= 0.6 is 0 Å². The molecule has 0 aliphatic carbocycles. The highest BCUT2D eigenvalue weighted by molar-refractivity contribution is 7.90. The number of sulfone groups is 1. The zero-order valence-electron chi connectivity index (χ0n) is 16.3. The number of halogens is 2. The molecule has 4 rings (SSSR count). The second-order valence-corrected chi connectivity index (χ2v) is 9.39. The molecule has 1 saturated heterocycles. The summed E-state index contributed by atoms with van der Waals surface area (Å²) in [5.74, 6) is -3.25. The van der Waals surface area contributed by atoms with Crippen LogP contribution in [0.1, 0.15) is 6.42 Å². The fourth-order valence-electron chi connectivity index (χ4n) is 3.44. The summed E-state index contributed by atoms with van der Waals surface area (Å²) in [5.41, 5.74) is 2.27. The van der Waals surface area contributed by atoms with Crippen molar-refractivity contribution < 1.29 is 17.2 Å². The van der Waals surface area contributed by atoms with Crippen LogP contribution in [0.15, 0.2) is 47.6 Å². The summed E-state index contributed by atoms with van der Waals surface area (Å²) in [6.45, 7) is 0.556. The average Bonchev–Trinajstić information content (AvgIpc) is 2.72. The van der Waals surface area contributed by atoms with Crippen molar-refractivity contribution in [2.75, 3.05) is 31.2 Å². The van der Waals surface area contributed by atoms with E-state index in [4.69, 9.17) is 0 Å². The summed E-state index contributed by atoms with van der Waals surface area (Å²) >= 11 is 0. The standard InChI is InChI=1S/C20H21F2N5O2S/c1-30(28,29)15-4-2-13(3-5-15)16-10-17-18(25-9-8-24-17)19(27-16)26-12-14-11-23-7-6-20(14,21)22/h2-5,8-10,14,23H,6-7,11-12H2,1H3,(H,26,27)/t14-/m1/s1. The Labute approximate surface area is 172 Å². The highest BCUT2D eigenvalue weighted by Crippen LogP contribution is 2.32. The molecule has 1 fully saturated rings. The summed E-state index contributed by atoms with van der Waals surface area (Å²) in [6.07, 6.45) is 4.01. The Kier molecular flexibility index (Phi) is 5.37. The van der Waals surface area contributed by atoms with E-state index in [1.54, 1.807) is 24.4 Å². The number of fused-ring (bicyclic) bond motifs is 1. The van der Waals surface area contributed by atoms with Crippen molar-refractivity contribution in [3.63, 3.8) is 0 Å². The second kappa shape index (κ2) is 7.84. The summed E-state index contributed by atoms with van der Waals surface area (Å²) in [7, 11) is -3.31. The van der Waals surface area contributed by atoms with Crippen LogP contribution in [0, 0.1) is 5.92 Å². The van der Waals surface area contributed by atoms with Gasteiger partial charge in [0.15, 0.2) is 15.7 Å². The Hall–Kier alpha value is -2.72. The molecule has 0 amide bonds. The number of hydrogen-bond acceptors (Lipinski definition) is 7. The number of piperidine rings is 1. The molecule has 1 aromatic carbocycles. The van der Waals surface area contributed by atoms with Crippen LogP contribution in [-0.2, 0) is 9.84 Å². The van der Waals surface area contributed by atoms with E-state index in [0.717, 1.165) is 6.26 Å². The van der Waals surface area contributed by atoms with E-state index < -0.39 is 21.7 Å². The minimum Gasteiger partial charge on any atom is -0.368 e. The number of alkyl halides is 2. The second-order valence-electron chi connectivity index (χ2n) is 7.37. The van der Waals surface area contributed by atoms with Gasteiger partial charge in [-0.1, -0.05) is 12.1 Å². The van der Waals surface area contributed by atoms with E-state index in [9.17, 15) is 17.2 Å². The maximum absolute atomic E-state index is 14.2. The number of nitrogens with zero attached hydrogens (tertiary/aromatic N) is 3. The summed E-state index contributed by atoms with van der Waals surface area (Å²) in [5, 5.41) is 6.03. The first-order chi connectivity index (χ1) is 14.2. The van der Waals surface area contributed by atoms with Crippen molar-refractivity contribution in [1.82, 2.24) is 20.3 Å². The molecule has 2 N–H and O–H groups in total. The van der Waals surface area contributed by atoms with Gasteiger partial charge < -0.3 is 10.6 Å². The third-order valence-corrected chi connectivity index (χ3v) is 6.30. The number of rotatable bonds is 5. The summed E-state index contributed by atoms with van der Waals surface area (Å²) < 4.78 is 51.7. The van der Waals surface area contributed by atoms with Gasteiger partial charge in [-0.15, -0.1) is 0 Å². The molecule has 2 aromatic heterocycles. The molecule has 7 nitrogen and oxygen atoms in total. The number of aromatic nitrogens is 3. The van der Waals surface area contributed by atoms with Crippen molar-refractivity contribution in [1.29, 1.82) is 0 Å². The third-order valence-electron chi connectivity index (χ3n) is 5.17. The molecule has 0 bridgehead atoms. The third kappa shape index (κ3) is 4.24. The Morgan fingerprint density at radius 2 is 1.93 bits per heavy atom. The Morgan fingerprint density at radius 3 is 2.63 bits per heavy atom. The molecule has 1 atom stereocenters.